The maximum Gasteiger partial charge on any atom is 0.231 e. The molecular weight excluding hydrogens is 571 g/mol. The molecule has 210 valence electrons. The third kappa shape index (κ3) is 3.65. The standard InChI is InChI=1S/C40H23N3OS/c1-2-10-25(11-3-1)39-41-38(37-29-14-5-8-16-34(29)44-40(37)42-39)24-18-20-26(21-19-24)43-32-15-7-4-12-27(32)30-23-36-31(22-33(30)43)28-13-6-9-17-35(28)45-36/h1-23H. The molecule has 45 heavy (non-hydrogen) atoms. The van der Waals surface area contributed by atoms with Crippen molar-refractivity contribution >= 4 is 75.4 Å². The molecule has 0 spiro atoms. The molecule has 5 heteroatoms. The van der Waals surface area contributed by atoms with Crippen LogP contribution in [-0.2, 0) is 0 Å². The van der Waals surface area contributed by atoms with E-state index in [-0.39, 0.29) is 0 Å². The van der Waals surface area contributed by atoms with Crippen molar-refractivity contribution in [2.45, 2.75) is 0 Å². The van der Waals surface area contributed by atoms with Gasteiger partial charge in [-0.1, -0.05) is 97.1 Å². The van der Waals surface area contributed by atoms with Crippen LogP contribution in [0.4, 0.5) is 0 Å². The second-order valence-corrected chi connectivity index (χ2v) is 12.5. The number of fused-ring (bicyclic) bond motifs is 9. The van der Waals surface area contributed by atoms with Crippen LogP contribution in [0.5, 0.6) is 0 Å². The van der Waals surface area contributed by atoms with Gasteiger partial charge in [0.1, 0.15) is 5.58 Å². The molecule has 0 atom stereocenters. The summed E-state index contributed by atoms with van der Waals surface area (Å²) < 4.78 is 11.3. The molecule has 0 aliphatic rings. The highest BCUT2D eigenvalue weighted by atomic mass is 32.1. The van der Waals surface area contributed by atoms with Crippen molar-refractivity contribution in [3.8, 4) is 28.3 Å². The van der Waals surface area contributed by atoms with Crippen LogP contribution in [0.3, 0.4) is 0 Å². The van der Waals surface area contributed by atoms with Gasteiger partial charge in [-0.2, -0.15) is 4.98 Å². The van der Waals surface area contributed by atoms with Crippen LogP contribution >= 0.6 is 11.3 Å². The Hall–Kier alpha value is -5.78. The van der Waals surface area contributed by atoms with E-state index in [1.54, 1.807) is 0 Å². The van der Waals surface area contributed by atoms with Gasteiger partial charge in [-0.15, -0.1) is 11.3 Å². The molecule has 10 rings (SSSR count). The lowest BCUT2D eigenvalue weighted by atomic mass is 10.0. The summed E-state index contributed by atoms with van der Waals surface area (Å²) in [7, 11) is 0. The van der Waals surface area contributed by atoms with Gasteiger partial charge < -0.3 is 8.98 Å². The average Bonchev–Trinajstić information content (AvgIpc) is 3.76. The zero-order valence-corrected chi connectivity index (χ0v) is 24.8. The summed E-state index contributed by atoms with van der Waals surface area (Å²) in [4.78, 5) is 9.99. The molecule has 0 amide bonds. The second kappa shape index (κ2) is 9.36. The third-order valence-corrected chi connectivity index (χ3v) is 9.97. The summed E-state index contributed by atoms with van der Waals surface area (Å²) in [5.41, 5.74) is 7.74. The maximum atomic E-state index is 6.26. The molecule has 4 nitrogen and oxygen atoms in total. The molecule has 0 saturated carbocycles. The Balaban J connectivity index is 1.20. The van der Waals surface area contributed by atoms with E-state index in [0.29, 0.717) is 11.5 Å². The number of aromatic nitrogens is 3. The number of hydrogen-bond acceptors (Lipinski definition) is 4. The molecular formula is C40H23N3OS. The van der Waals surface area contributed by atoms with Crippen molar-refractivity contribution in [1.29, 1.82) is 0 Å². The summed E-state index contributed by atoms with van der Waals surface area (Å²) in [6, 6.07) is 49.1. The van der Waals surface area contributed by atoms with Crippen LogP contribution in [0, 0.1) is 0 Å². The molecule has 4 aromatic heterocycles. The summed E-state index contributed by atoms with van der Waals surface area (Å²) in [6.45, 7) is 0. The van der Waals surface area contributed by atoms with Crippen molar-refractivity contribution in [3.63, 3.8) is 0 Å². The fourth-order valence-electron chi connectivity index (χ4n) is 6.78. The van der Waals surface area contributed by atoms with Crippen LogP contribution in [-0.4, -0.2) is 14.5 Å². The number of rotatable bonds is 3. The average molecular weight is 594 g/mol. The Morgan fingerprint density at radius 1 is 0.511 bits per heavy atom. The second-order valence-electron chi connectivity index (χ2n) is 11.4. The monoisotopic (exact) mass is 593 g/mol. The highest BCUT2D eigenvalue weighted by Gasteiger charge is 2.19. The van der Waals surface area contributed by atoms with E-state index in [9.17, 15) is 0 Å². The van der Waals surface area contributed by atoms with Crippen LogP contribution in [0.25, 0.3) is 92.4 Å². The number of hydrogen-bond donors (Lipinski definition) is 0. The fraction of sp³-hybridized carbons (Fsp3) is 0. The topological polar surface area (TPSA) is 43.9 Å². The first kappa shape index (κ1) is 24.6. The van der Waals surface area contributed by atoms with E-state index in [0.717, 1.165) is 38.9 Å². The molecule has 0 aliphatic carbocycles. The van der Waals surface area contributed by atoms with Crippen molar-refractivity contribution in [3.05, 3.63) is 140 Å². The first-order chi connectivity index (χ1) is 22.3. The van der Waals surface area contributed by atoms with Gasteiger partial charge in [0.2, 0.25) is 5.71 Å². The normalized spacial score (nSPS) is 12.0. The SMILES string of the molecule is c1ccc(-c2nc(-c3ccc(-n4c5ccccc5c5cc6sc7ccccc7c6cc54)cc3)c3c(n2)oc2ccccc23)cc1. The molecule has 0 N–H and O–H groups in total. The van der Waals surface area contributed by atoms with Crippen LogP contribution < -0.4 is 0 Å². The van der Waals surface area contributed by atoms with E-state index in [4.69, 9.17) is 14.4 Å². The molecule has 0 unspecified atom stereocenters. The summed E-state index contributed by atoms with van der Waals surface area (Å²) >= 11 is 1.86. The van der Waals surface area contributed by atoms with Crippen LogP contribution in [0.2, 0.25) is 0 Å². The van der Waals surface area contributed by atoms with E-state index >= 15 is 0 Å². The number of furan rings is 1. The highest BCUT2D eigenvalue weighted by molar-refractivity contribution is 7.25. The first-order valence-corrected chi connectivity index (χ1v) is 15.8. The Bertz CT molecular complexity index is 2750. The Morgan fingerprint density at radius 2 is 1.24 bits per heavy atom. The van der Waals surface area contributed by atoms with Gasteiger partial charge in [-0.25, -0.2) is 4.98 Å². The van der Waals surface area contributed by atoms with Gasteiger partial charge >= 0.3 is 0 Å². The van der Waals surface area contributed by atoms with Crippen molar-refractivity contribution in [1.82, 2.24) is 14.5 Å². The Kier molecular flexibility index (Phi) is 5.12. The van der Waals surface area contributed by atoms with E-state index in [1.807, 2.05) is 59.9 Å². The maximum absolute atomic E-state index is 6.26. The van der Waals surface area contributed by atoms with Gasteiger partial charge in [0.15, 0.2) is 5.82 Å². The molecule has 0 bridgehead atoms. The lowest BCUT2D eigenvalue weighted by molar-refractivity contribution is 0.653. The number of nitrogens with zero attached hydrogens (tertiary/aromatic N) is 3. The smallest absolute Gasteiger partial charge is 0.231 e. The van der Waals surface area contributed by atoms with Gasteiger partial charge in [0.05, 0.1) is 22.1 Å². The summed E-state index contributed by atoms with van der Waals surface area (Å²) in [5, 5.41) is 7.07. The van der Waals surface area contributed by atoms with Crippen LogP contribution in [0.1, 0.15) is 0 Å². The van der Waals surface area contributed by atoms with Crippen molar-refractivity contribution in [2.75, 3.05) is 0 Å². The molecule has 10 aromatic rings. The summed E-state index contributed by atoms with van der Waals surface area (Å²) in [5.74, 6) is 0.649. The van der Waals surface area contributed by atoms with Crippen molar-refractivity contribution < 1.29 is 4.42 Å². The number of benzene rings is 6. The predicted octanol–water partition coefficient (Wildman–Crippen LogP) is 11.2. The van der Waals surface area contributed by atoms with Gasteiger partial charge in [-0.3, -0.25) is 0 Å². The minimum Gasteiger partial charge on any atom is -0.438 e. The molecule has 0 radical (unpaired) electrons. The number of thiophene rings is 1. The molecule has 4 heterocycles. The minimum absolute atomic E-state index is 0.596. The zero-order valence-electron chi connectivity index (χ0n) is 23.9. The Morgan fingerprint density at radius 3 is 2.11 bits per heavy atom. The van der Waals surface area contributed by atoms with E-state index in [1.165, 1.54) is 42.0 Å². The third-order valence-electron chi connectivity index (χ3n) is 8.84. The quantitative estimate of drug-likeness (QED) is 0.205. The van der Waals surface area contributed by atoms with Crippen molar-refractivity contribution in [2.24, 2.45) is 0 Å². The number of para-hydroxylation sites is 2. The summed E-state index contributed by atoms with van der Waals surface area (Å²) in [6.07, 6.45) is 0. The predicted molar refractivity (Wildman–Crippen MR) is 187 cm³/mol. The van der Waals surface area contributed by atoms with E-state index < -0.39 is 0 Å². The molecule has 0 fully saturated rings. The van der Waals surface area contributed by atoms with Gasteiger partial charge in [-0.05, 0) is 42.5 Å². The lowest BCUT2D eigenvalue weighted by Gasteiger charge is -2.11. The fourth-order valence-corrected chi connectivity index (χ4v) is 7.91. The Labute approximate surface area is 261 Å². The van der Waals surface area contributed by atoms with Gasteiger partial charge in [0.25, 0.3) is 0 Å². The minimum atomic E-state index is 0.596. The van der Waals surface area contributed by atoms with Crippen LogP contribution in [0.15, 0.2) is 144 Å². The van der Waals surface area contributed by atoms with Gasteiger partial charge in [0, 0.05) is 53.1 Å². The highest BCUT2D eigenvalue weighted by Crippen LogP contribution is 2.41. The molecule has 0 saturated heterocycles. The molecule has 6 aromatic carbocycles. The first-order valence-electron chi connectivity index (χ1n) is 15.0. The largest absolute Gasteiger partial charge is 0.438 e. The molecule has 0 aliphatic heterocycles. The lowest BCUT2D eigenvalue weighted by Crippen LogP contribution is -1.96. The zero-order chi connectivity index (χ0) is 29.5. The van der Waals surface area contributed by atoms with E-state index in [2.05, 4.69) is 95.6 Å².